The summed E-state index contributed by atoms with van der Waals surface area (Å²) in [6, 6.07) is 4.87. The number of halogens is 2. The normalized spacial score (nSPS) is 15.2. The first-order valence-electron chi connectivity index (χ1n) is 3.98. The minimum absolute atomic E-state index is 0.457. The lowest BCUT2D eigenvalue weighted by Gasteiger charge is -2.17. The number of aliphatic hydroxyl groups excluding tert-OH is 3. The Morgan fingerprint density at radius 2 is 2.00 bits per heavy atom. The molecule has 3 N–H and O–H groups in total. The van der Waals surface area contributed by atoms with E-state index in [2.05, 4.69) is 15.9 Å². The fourth-order valence-corrected chi connectivity index (χ4v) is 1.71. The van der Waals surface area contributed by atoms with E-state index in [1.54, 1.807) is 12.1 Å². The van der Waals surface area contributed by atoms with E-state index in [4.69, 9.17) is 16.7 Å². The van der Waals surface area contributed by atoms with E-state index in [9.17, 15) is 10.2 Å². The Morgan fingerprint density at radius 3 is 2.57 bits per heavy atom. The van der Waals surface area contributed by atoms with Crippen molar-refractivity contribution in [2.24, 2.45) is 0 Å². The van der Waals surface area contributed by atoms with Crippen LogP contribution in [0.1, 0.15) is 11.7 Å². The highest BCUT2D eigenvalue weighted by Crippen LogP contribution is 2.28. The maximum atomic E-state index is 9.60. The molecule has 0 aliphatic carbocycles. The van der Waals surface area contributed by atoms with Crippen molar-refractivity contribution in [3.63, 3.8) is 0 Å². The SMILES string of the molecule is OCC(O)C(O)c1cc(Cl)ccc1Br. The molecule has 0 aliphatic rings. The third-order valence-corrected chi connectivity index (χ3v) is 2.79. The van der Waals surface area contributed by atoms with Gasteiger partial charge >= 0.3 is 0 Å². The Balaban J connectivity index is 2.99. The fraction of sp³-hybridized carbons (Fsp3) is 0.333. The molecule has 14 heavy (non-hydrogen) atoms. The Morgan fingerprint density at radius 1 is 1.36 bits per heavy atom. The standard InChI is InChI=1S/C9H10BrClO3/c10-7-2-1-5(11)3-6(7)9(14)8(13)4-12/h1-3,8-9,12-14H,4H2. The highest BCUT2D eigenvalue weighted by atomic mass is 79.9. The van der Waals surface area contributed by atoms with E-state index in [0.717, 1.165) is 0 Å². The van der Waals surface area contributed by atoms with Crippen LogP contribution in [-0.4, -0.2) is 28.0 Å². The minimum atomic E-state index is -1.20. The second-order valence-corrected chi connectivity index (χ2v) is 4.15. The van der Waals surface area contributed by atoms with Gasteiger partial charge in [0.25, 0.3) is 0 Å². The van der Waals surface area contributed by atoms with Gasteiger partial charge in [0.05, 0.1) is 6.61 Å². The number of hydrogen-bond donors (Lipinski definition) is 3. The van der Waals surface area contributed by atoms with Crippen molar-refractivity contribution in [3.05, 3.63) is 33.3 Å². The van der Waals surface area contributed by atoms with E-state index in [1.165, 1.54) is 6.07 Å². The first kappa shape index (κ1) is 11.9. The smallest absolute Gasteiger partial charge is 0.108 e. The van der Waals surface area contributed by atoms with Crippen molar-refractivity contribution < 1.29 is 15.3 Å². The highest BCUT2D eigenvalue weighted by molar-refractivity contribution is 9.10. The highest BCUT2D eigenvalue weighted by Gasteiger charge is 2.19. The van der Waals surface area contributed by atoms with Gasteiger partial charge in [-0.3, -0.25) is 0 Å². The molecule has 0 bridgehead atoms. The van der Waals surface area contributed by atoms with Crippen molar-refractivity contribution in [2.45, 2.75) is 12.2 Å². The van der Waals surface area contributed by atoms with Gasteiger partial charge in [0.1, 0.15) is 12.2 Å². The van der Waals surface area contributed by atoms with Gasteiger partial charge in [-0.05, 0) is 23.8 Å². The molecule has 1 aromatic carbocycles. The summed E-state index contributed by atoms with van der Waals surface area (Å²) in [6.07, 6.45) is -2.35. The summed E-state index contributed by atoms with van der Waals surface area (Å²) in [4.78, 5) is 0. The molecule has 1 rings (SSSR count). The second kappa shape index (κ2) is 5.09. The lowest BCUT2D eigenvalue weighted by molar-refractivity contribution is -0.0155. The number of rotatable bonds is 3. The summed E-state index contributed by atoms with van der Waals surface area (Å²) in [6.45, 7) is -0.500. The van der Waals surface area contributed by atoms with Gasteiger partial charge in [-0.25, -0.2) is 0 Å². The van der Waals surface area contributed by atoms with E-state index >= 15 is 0 Å². The molecule has 2 unspecified atom stereocenters. The van der Waals surface area contributed by atoms with Crippen LogP contribution in [0.25, 0.3) is 0 Å². The van der Waals surface area contributed by atoms with Crippen LogP contribution < -0.4 is 0 Å². The molecule has 78 valence electrons. The predicted molar refractivity (Wildman–Crippen MR) is 57.2 cm³/mol. The van der Waals surface area contributed by atoms with Crippen LogP contribution in [0.2, 0.25) is 5.02 Å². The molecular formula is C9H10BrClO3. The molecule has 1 aromatic rings. The van der Waals surface area contributed by atoms with Crippen LogP contribution in [0.4, 0.5) is 0 Å². The van der Waals surface area contributed by atoms with Gasteiger partial charge < -0.3 is 15.3 Å². The molecular weight excluding hydrogens is 271 g/mol. The summed E-state index contributed by atoms with van der Waals surface area (Å²) in [5.41, 5.74) is 0.457. The molecule has 0 fully saturated rings. The largest absolute Gasteiger partial charge is 0.394 e. The molecule has 5 heteroatoms. The van der Waals surface area contributed by atoms with Crippen molar-refractivity contribution in [1.82, 2.24) is 0 Å². The minimum Gasteiger partial charge on any atom is -0.394 e. The lowest BCUT2D eigenvalue weighted by atomic mass is 10.1. The van der Waals surface area contributed by atoms with Crippen LogP contribution in [0.5, 0.6) is 0 Å². The maximum absolute atomic E-state index is 9.60. The van der Waals surface area contributed by atoms with Crippen LogP contribution in [-0.2, 0) is 0 Å². The van der Waals surface area contributed by atoms with E-state index in [1.807, 2.05) is 0 Å². The molecule has 2 atom stereocenters. The molecule has 0 saturated heterocycles. The Kier molecular flexibility index (Phi) is 4.34. The maximum Gasteiger partial charge on any atom is 0.108 e. The summed E-state index contributed by atoms with van der Waals surface area (Å²) >= 11 is 8.95. The van der Waals surface area contributed by atoms with E-state index < -0.39 is 18.8 Å². The Bertz CT molecular complexity index is 319. The van der Waals surface area contributed by atoms with Gasteiger partial charge in [-0.15, -0.1) is 0 Å². The molecule has 3 nitrogen and oxygen atoms in total. The Labute approximate surface area is 95.1 Å². The average molecular weight is 282 g/mol. The number of hydrogen-bond acceptors (Lipinski definition) is 3. The lowest BCUT2D eigenvalue weighted by Crippen LogP contribution is -2.22. The van der Waals surface area contributed by atoms with Crippen LogP contribution in [0, 0.1) is 0 Å². The zero-order valence-electron chi connectivity index (χ0n) is 7.19. The molecule has 0 radical (unpaired) electrons. The number of benzene rings is 1. The van der Waals surface area contributed by atoms with Crippen molar-refractivity contribution in [3.8, 4) is 0 Å². The average Bonchev–Trinajstić information content (AvgIpc) is 2.19. The summed E-state index contributed by atoms with van der Waals surface area (Å²) in [5, 5.41) is 28.0. The topological polar surface area (TPSA) is 60.7 Å². The van der Waals surface area contributed by atoms with Gasteiger partial charge in [-0.2, -0.15) is 0 Å². The third kappa shape index (κ3) is 2.68. The summed E-state index contributed by atoms with van der Waals surface area (Å²) in [7, 11) is 0. The van der Waals surface area contributed by atoms with Crippen molar-refractivity contribution >= 4 is 27.5 Å². The molecule has 0 amide bonds. The van der Waals surface area contributed by atoms with Gasteiger partial charge in [0, 0.05) is 9.50 Å². The van der Waals surface area contributed by atoms with E-state index in [0.29, 0.717) is 15.1 Å². The van der Waals surface area contributed by atoms with Gasteiger partial charge in [0.15, 0.2) is 0 Å². The molecule has 0 saturated carbocycles. The Hall–Kier alpha value is -0.130. The van der Waals surface area contributed by atoms with Crippen LogP contribution in [0.3, 0.4) is 0 Å². The summed E-state index contributed by atoms with van der Waals surface area (Å²) < 4.78 is 0.641. The zero-order chi connectivity index (χ0) is 10.7. The fourth-order valence-electron chi connectivity index (χ4n) is 1.05. The molecule has 0 heterocycles. The van der Waals surface area contributed by atoms with Gasteiger partial charge in [0.2, 0.25) is 0 Å². The quantitative estimate of drug-likeness (QED) is 0.787. The van der Waals surface area contributed by atoms with Crippen LogP contribution in [0.15, 0.2) is 22.7 Å². The first-order valence-corrected chi connectivity index (χ1v) is 5.15. The van der Waals surface area contributed by atoms with Crippen molar-refractivity contribution in [1.29, 1.82) is 0 Å². The third-order valence-electron chi connectivity index (χ3n) is 1.83. The second-order valence-electron chi connectivity index (χ2n) is 2.86. The van der Waals surface area contributed by atoms with Crippen LogP contribution >= 0.6 is 27.5 Å². The predicted octanol–water partition coefficient (Wildman–Crippen LogP) is 1.49. The van der Waals surface area contributed by atoms with Gasteiger partial charge in [-0.1, -0.05) is 27.5 Å². The molecule has 0 aliphatic heterocycles. The molecule has 0 spiro atoms. The monoisotopic (exact) mass is 280 g/mol. The molecule has 0 aromatic heterocycles. The van der Waals surface area contributed by atoms with E-state index in [-0.39, 0.29) is 0 Å². The first-order chi connectivity index (χ1) is 6.56. The summed E-state index contributed by atoms with van der Waals surface area (Å²) in [5.74, 6) is 0. The van der Waals surface area contributed by atoms with Crippen molar-refractivity contribution in [2.75, 3.05) is 6.61 Å². The zero-order valence-corrected chi connectivity index (χ0v) is 9.53. The number of aliphatic hydroxyl groups is 3.